The molecule has 536 valence electrons. The number of amides is 3. The van der Waals surface area contributed by atoms with Gasteiger partial charge in [-0.1, -0.05) is 140 Å². The minimum atomic E-state index is -0.136. The number of ether oxygens (including phenoxy) is 9. The fraction of sp³-hybridized carbons (Fsp3) is 0.429. The van der Waals surface area contributed by atoms with Crippen LogP contribution in [0, 0.1) is 23.7 Å². The maximum absolute atomic E-state index is 12.7. The number of aldehydes is 2. The van der Waals surface area contributed by atoms with Crippen molar-refractivity contribution in [2.75, 3.05) is 88.4 Å². The van der Waals surface area contributed by atoms with Crippen LogP contribution in [0.25, 0.3) is 6.08 Å². The molecule has 1 aliphatic rings. The Kier molecular flexibility index (Phi) is 44.5. The number of carbonyl (C=O) groups is 5. The number of nitrogens with one attached hydrogen (secondary N) is 2. The van der Waals surface area contributed by atoms with Gasteiger partial charge in [0.05, 0.1) is 73.1 Å². The van der Waals surface area contributed by atoms with Crippen LogP contribution in [0.2, 0.25) is 0 Å². The van der Waals surface area contributed by atoms with Crippen LogP contribution in [0.15, 0.2) is 122 Å². The van der Waals surface area contributed by atoms with Crippen molar-refractivity contribution < 1.29 is 71.7 Å². The lowest BCUT2D eigenvalue weighted by Gasteiger charge is -2.20. The van der Waals surface area contributed by atoms with Crippen LogP contribution in [0.1, 0.15) is 140 Å². The number of nitrogens with zero attached hydrogens (tertiary/aromatic N) is 3. The van der Waals surface area contributed by atoms with Crippen LogP contribution in [-0.4, -0.2) is 133 Å². The molecule has 0 bridgehead atoms. The highest BCUT2D eigenvalue weighted by molar-refractivity contribution is 5.94. The molecule has 0 radical (unpaired) electrons. The fourth-order valence-electron chi connectivity index (χ4n) is 8.46. The van der Waals surface area contributed by atoms with Gasteiger partial charge < -0.3 is 68.2 Å². The number of pyridine rings is 1. The second-order valence-corrected chi connectivity index (χ2v) is 23.0. The Labute approximate surface area is 579 Å². The van der Waals surface area contributed by atoms with E-state index in [0.29, 0.717) is 134 Å². The van der Waals surface area contributed by atoms with Crippen molar-refractivity contribution in [2.24, 2.45) is 23.7 Å². The molecule has 0 fully saturated rings. The highest BCUT2D eigenvalue weighted by Crippen LogP contribution is 2.36. The Morgan fingerprint density at radius 2 is 0.948 bits per heavy atom. The van der Waals surface area contributed by atoms with E-state index in [1.54, 1.807) is 94.9 Å². The number of phenols is 1. The lowest BCUT2D eigenvalue weighted by Crippen LogP contribution is -2.24. The molecule has 0 saturated carbocycles. The summed E-state index contributed by atoms with van der Waals surface area (Å²) in [6.45, 7) is 24.3. The third-order valence-corrected chi connectivity index (χ3v) is 13.2. The van der Waals surface area contributed by atoms with Crippen molar-refractivity contribution in [1.82, 2.24) is 20.1 Å². The topological polar surface area (TPSA) is 232 Å². The first kappa shape index (κ1) is 89.5. The van der Waals surface area contributed by atoms with Gasteiger partial charge in [-0.05, 0) is 109 Å². The summed E-state index contributed by atoms with van der Waals surface area (Å²) in [6, 6.07) is 29.3. The van der Waals surface area contributed by atoms with E-state index in [2.05, 4.69) is 83.7 Å². The van der Waals surface area contributed by atoms with Gasteiger partial charge in [-0.25, -0.2) is 4.98 Å². The Bertz CT molecular complexity index is 3350. The van der Waals surface area contributed by atoms with Gasteiger partial charge in [0.25, 0.3) is 0 Å². The number of likely N-dealkylation sites (N-methyl/N-ethyl adjacent to an activating group) is 2. The zero-order chi connectivity index (χ0) is 69.0. The Morgan fingerprint density at radius 3 is 1.36 bits per heavy atom. The number of aryl methyl sites for hydroxylation is 1. The molecule has 0 unspecified atom stereocenters. The zero-order valence-electron chi connectivity index (χ0n) is 57.1. The van der Waals surface area contributed by atoms with E-state index in [-0.39, 0.29) is 58.7 Å². The fourth-order valence-corrected chi connectivity index (χ4v) is 8.46. The predicted octanol–water partition coefficient (Wildman–Crippen LogP) is 15.3. The molecule has 1 aromatic heterocycles. The monoisotopic (exact) mass is 1350 g/mol. The molecule has 0 atom stereocenters. The number of phenolic OH excluding ortho intramolecular Hbond substituents is 1. The summed E-state index contributed by atoms with van der Waals surface area (Å²) in [4.78, 5) is 64.3. The first-order valence-corrected chi connectivity index (χ1v) is 30.7. The molecule has 7 rings (SSSR count). The highest BCUT2D eigenvalue weighted by atomic mass is 16.5. The zero-order valence-corrected chi connectivity index (χ0v) is 57.1. The second-order valence-electron chi connectivity index (χ2n) is 23.0. The molecule has 2 heterocycles. The molecular weight excluding hydrogens is 1230 g/mol. The van der Waals surface area contributed by atoms with Crippen molar-refractivity contribution in [3.05, 3.63) is 161 Å². The third kappa shape index (κ3) is 30.4. The van der Waals surface area contributed by atoms with E-state index in [1.807, 2.05) is 61.6 Å². The lowest BCUT2D eigenvalue weighted by molar-refractivity contribution is -0.126. The van der Waals surface area contributed by atoms with Crippen molar-refractivity contribution in [3.63, 3.8) is 0 Å². The van der Waals surface area contributed by atoms with E-state index in [9.17, 15) is 29.1 Å². The van der Waals surface area contributed by atoms with Crippen molar-refractivity contribution in [3.8, 4) is 57.5 Å². The van der Waals surface area contributed by atoms with Gasteiger partial charge >= 0.3 is 0 Å². The summed E-state index contributed by atoms with van der Waals surface area (Å²) in [5.41, 5.74) is 5.49. The number of anilines is 1. The Morgan fingerprint density at radius 1 is 0.567 bits per heavy atom. The molecule has 20 heteroatoms. The standard InChI is InChI=1S/C24H29N3O4.C16H23NO3.C13H21NO2.C12H16O3.C8H8O3.4CH4/c1-16(2)15-31-23-19(6-5-7-20(23)30-4)14-27(3)22(29)11-8-17-12-18-9-10-21(28)26-24(18)25-13-17;1-6-15(18)17(4)10-13-8-7-9-14(19-5)16(13)20-11-12(2)3;1-10(2)9-16-13-11(8-14-3)6-5-7-12(13)15-4;1-9(2)8-15-12-10(7-13)5-4-6-11(12)14-3;1-11-7-4-2-3-6(5-9)8(7)10;;;;/h5-8,11-13,16H,9-10,14-15H2,1-4H3,(H,25,26,28);6-9,12H,1,10-11H2,2-5H3;5-7,10,14H,8-9H2,1-4H3;4-7,9H,8H2,1-3H3;2-5,10H,1H3;4*1H4/b11-8+;;;;;;;;. The van der Waals surface area contributed by atoms with Crippen LogP contribution < -0.4 is 53.3 Å². The number of benzene rings is 5. The van der Waals surface area contributed by atoms with Gasteiger partial charge in [-0.3, -0.25) is 24.0 Å². The normalized spacial score (nSPS) is 10.7. The lowest BCUT2D eigenvalue weighted by atomic mass is 10.0. The number of para-hydroxylation sites is 5. The average Bonchev–Trinajstić information content (AvgIpc) is 0.916. The summed E-state index contributed by atoms with van der Waals surface area (Å²) in [6.07, 6.45) is 8.67. The number of methoxy groups -OCH3 is 5. The number of hydrogen-bond donors (Lipinski definition) is 3. The van der Waals surface area contributed by atoms with Gasteiger partial charge in [0, 0.05) is 69.1 Å². The maximum atomic E-state index is 12.7. The summed E-state index contributed by atoms with van der Waals surface area (Å²) >= 11 is 0. The summed E-state index contributed by atoms with van der Waals surface area (Å²) in [5.74, 6) is 7.73. The number of carbonyl (C=O) groups excluding carboxylic acids is 5. The Balaban J connectivity index is 0. The van der Waals surface area contributed by atoms with Crippen LogP contribution in [0.3, 0.4) is 0 Å². The molecule has 5 aromatic carbocycles. The third-order valence-electron chi connectivity index (χ3n) is 13.2. The number of hydrogen-bond acceptors (Lipinski definition) is 17. The van der Waals surface area contributed by atoms with Crippen LogP contribution in [-0.2, 0) is 40.4 Å². The van der Waals surface area contributed by atoms with Crippen LogP contribution >= 0.6 is 0 Å². The molecule has 20 nitrogen and oxygen atoms in total. The number of aromatic nitrogens is 1. The van der Waals surface area contributed by atoms with Gasteiger partial charge in [0.1, 0.15) is 5.82 Å². The van der Waals surface area contributed by atoms with Gasteiger partial charge in [-0.15, -0.1) is 0 Å². The second kappa shape index (κ2) is 48.2. The molecule has 0 aliphatic carbocycles. The SMILES string of the molecule is C.C.C.C.C=CC(=O)N(C)Cc1cccc(OC)c1OCC(C)C.CNCc1cccc(OC)c1OCC(C)C.COc1cccc(C=O)c1O.COc1cccc(C=O)c1OCC(C)C.COc1cccc(CN(C)C(=O)/C=C/c2cnc3c(c2)CCC(=O)N3)c1OCC(C)C. The van der Waals surface area contributed by atoms with Gasteiger partial charge in [0.15, 0.2) is 70.1 Å². The largest absolute Gasteiger partial charge is 0.504 e. The predicted molar refractivity (Wildman–Crippen MR) is 392 cm³/mol. The average molecular weight is 1350 g/mol. The van der Waals surface area contributed by atoms with E-state index in [1.165, 1.54) is 25.3 Å². The molecule has 0 spiro atoms. The van der Waals surface area contributed by atoms with Gasteiger partial charge in [-0.2, -0.15) is 0 Å². The van der Waals surface area contributed by atoms with E-state index in [0.717, 1.165) is 52.1 Å². The number of rotatable bonds is 28. The smallest absolute Gasteiger partial charge is 0.246 e. The first-order chi connectivity index (χ1) is 44.5. The van der Waals surface area contributed by atoms with E-state index in [4.69, 9.17) is 42.6 Å². The molecule has 1 aliphatic heterocycles. The highest BCUT2D eigenvalue weighted by Gasteiger charge is 2.19. The maximum Gasteiger partial charge on any atom is 0.246 e. The summed E-state index contributed by atoms with van der Waals surface area (Å²) < 4.78 is 49.2. The Hall–Kier alpha value is -9.56. The summed E-state index contributed by atoms with van der Waals surface area (Å²) in [7, 11) is 13.3. The van der Waals surface area contributed by atoms with Crippen molar-refractivity contribution in [2.45, 2.75) is 118 Å². The minimum absolute atomic E-state index is 0. The number of fused-ring (bicyclic) bond motifs is 1. The molecule has 0 saturated heterocycles. The quantitative estimate of drug-likeness (QED) is 0.0306. The minimum Gasteiger partial charge on any atom is -0.504 e. The molecule has 6 aromatic rings. The molecular formula is C77H113N5O15. The number of aromatic hydroxyl groups is 1. The van der Waals surface area contributed by atoms with Crippen LogP contribution in [0.4, 0.5) is 5.82 Å². The van der Waals surface area contributed by atoms with E-state index >= 15 is 0 Å². The van der Waals surface area contributed by atoms with Crippen molar-refractivity contribution in [1.29, 1.82) is 0 Å². The van der Waals surface area contributed by atoms with Crippen LogP contribution in [0.5, 0.6) is 57.5 Å². The molecule has 3 amide bonds. The molecule has 97 heavy (non-hydrogen) atoms. The first-order valence-electron chi connectivity index (χ1n) is 30.7. The van der Waals surface area contributed by atoms with Crippen molar-refractivity contribution >= 4 is 42.2 Å². The van der Waals surface area contributed by atoms with E-state index < -0.39 is 0 Å². The summed E-state index contributed by atoms with van der Waals surface area (Å²) in [5, 5.41) is 15.1. The molecule has 3 N–H and O–H groups in total. The van der Waals surface area contributed by atoms with Gasteiger partial charge in [0.2, 0.25) is 17.7 Å².